The fourth-order valence-corrected chi connectivity index (χ4v) is 3.28. The Morgan fingerprint density at radius 2 is 1.76 bits per heavy atom. The highest BCUT2D eigenvalue weighted by atomic mass is 19.1. The van der Waals surface area contributed by atoms with Gasteiger partial charge in [0.2, 0.25) is 0 Å². The van der Waals surface area contributed by atoms with Crippen LogP contribution in [0.2, 0.25) is 0 Å². The fraction of sp³-hybridized carbons (Fsp3) is 0.538. The molecule has 1 spiro atoms. The largest absolute Gasteiger partial charge is 0.397 e. The number of rotatable bonds is 1. The summed E-state index contributed by atoms with van der Waals surface area (Å²) in [4.78, 5) is 1.94. The van der Waals surface area contributed by atoms with Gasteiger partial charge in [-0.25, -0.2) is 8.78 Å². The molecule has 92 valence electrons. The summed E-state index contributed by atoms with van der Waals surface area (Å²) in [6, 6.07) is 2.10. The molecule has 1 saturated heterocycles. The van der Waals surface area contributed by atoms with Gasteiger partial charge in [0.15, 0.2) is 5.82 Å². The van der Waals surface area contributed by atoms with Gasteiger partial charge < -0.3 is 10.6 Å². The third-order valence-electron chi connectivity index (χ3n) is 4.09. The molecule has 2 nitrogen and oxygen atoms in total. The van der Waals surface area contributed by atoms with E-state index in [1.807, 2.05) is 4.90 Å². The summed E-state index contributed by atoms with van der Waals surface area (Å²) in [7, 11) is 0. The van der Waals surface area contributed by atoms with Gasteiger partial charge in [-0.3, -0.25) is 0 Å². The number of benzene rings is 1. The van der Waals surface area contributed by atoms with Crippen LogP contribution in [0.3, 0.4) is 0 Å². The molecule has 0 unspecified atom stereocenters. The minimum atomic E-state index is -0.611. The maximum absolute atomic E-state index is 13.7. The second-order valence-electron chi connectivity index (χ2n) is 5.39. The number of anilines is 2. The molecule has 2 fully saturated rings. The van der Waals surface area contributed by atoms with Gasteiger partial charge in [0.1, 0.15) is 5.82 Å². The number of hydrogen-bond donors (Lipinski definition) is 1. The number of nitrogen functional groups attached to an aromatic ring is 1. The summed E-state index contributed by atoms with van der Waals surface area (Å²) in [5.41, 5.74) is 6.66. The number of hydrogen-bond acceptors (Lipinski definition) is 2. The highest BCUT2D eigenvalue weighted by molar-refractivity contribution is 5.69. The first kappa shape index (κ1) is 10.8. The van der Waals surface area contributed by atoms with E-state index in [-0.39, 0.29) is 5.69 Å². The number of halogens is 2. The normalized spacial score (nSPS) is 21.9. The fourth-order valence-electron chi connectivity index (χ4n) is 3.28. The van der Waals surface area contributed by atoms with Crippen LogP contribution in [0.5, 0.6) is 0 Å². The van der Waals surface area contributed by atoms with Crippen molar-refractivity contribution in [3.8, 4) is 0 Å². The van der Waals surface area contributed by atoms with Gasteiger partial charge >= 0.3 is 0 Å². The average molecular weight is 238 g/mol. The molecule has 3 rings (SSSR count). The zero-order valence-electron chi connectivity index (χ0n) is 9.68. The van der Waals surface area contributed by atoms with Crippen LogP contribution in [-0.4, -0.2) is 13.1 Å². The van der Waals surface area contributed by atoms with Crippen molar-refractivity contribution in [2.24, 2.45) is 5.41 Å². The zero-order valence-corrected chi connectivity index (χ0v) is 9.68. The standard InChI is InChI=1S/C13H16F2N2/c14-9-5-10(15)12(11(16)6-9)17-7-13(8-17)3-1-2-4-13/h5-6H,1-4,7-8,16H2. The molecule has 1 aromatic rings. The lowest BCUT2D eigenvalue weighted by Gasteiger charge is -2.50. The van der Waals surface area contributed by atoms with Crippen molar-refractivity contribution < 1.29 is 8.78 Å². The van der Waals surface area contributed by atoms with E-state index in [2.05, 4.69) is 0 Å². The third kappa shape index (κ3) is 1.66. The van der Waals surface area contributed by atoms with Gasteiger partial charge in [0, 0.05) is 24.6 Å². The molecule has 1 saturated carbocycles. The Labute approximate surface area is 99.4 Å². The first-order valence-electron chi connectivity index (χ1n) is 6.09. The van der Waals surface area contributed by atoms with Crippen molar-refractivity contribution in [2.45, 2.75) is 25.7 Å². The molecular formula is C13H16F2N2. The van der Waals surface area contributed by atoms with Crippen LogP contribution in [0, 0.1) is 17.0 Å². The molecule has 1 aliphatic heterocycles. The van der Waals surface area contributed by atoms with Crippen LogP contribution in [0.1, 0.15) is 25.7 Å². The van der Waals surface area contributed by atoms with E-state index in [1.54, 1.807) is 0 Å². The molecular weight excluding hydrogens is 222 g/mol. The molecule has 1 aromatic carbocycles. The molecule has 0 radical (unpaired) electrons. The summed E-state index contributed by atoms with van der Waals surface area (Å²) in [5.74, 6) is -1.16. The van der Waals surface area contributed by atoms with Crippen molar-refractivity contribution in [1.29, 1.82) is 0 Å². The van der Waals surface area contributed by atoms with Gasteiger partial charge in [-0.05, 0) is 18.9 Å². The molecule has 17 heavy (non-hydrogen) atoms. The Hall–Kier alpha value is -1.32. The number of nitrogens with two attached hydrogens (primary N) is 1. The summed E-state index contributed by atoms with van der Waals surface area (Å²) in [6.45, 7) is 1.72. The topological polar surface area (TPSA) is 29.3 Å². The third-order valence-corrected chi connectivity index (χ3v) is 4.09. The van der Waals surface area contributed by atoms with Crippen LogP contribution in [0.25, 0.3) is 0 Å². The lowest BCUT2D eigenvalue weighted by atomic mass is 9.78. The molecule has 0 atom stereocenters. The van der Waals surface area contributed by atoms with E-state index in [9.17, 15) is 8.78 Å². The molecule has 0 aromatic heterocycles. The second kappa shape index (κ2) is 3.59. The second-order valence-corrected chi connectivity index (χ2v) is 5.39. The van der Waals surface area contributed by atoms with Gasteiger partial charge in [-0.1, -0.05) is 12.8 Å². The molecule has 4 heteroatoms. The molecule has 1 heterocycles. The number of nitrogens with zero attached hydrogens (tertiary/aromatic N) is 1. The SMILES string of the molecule is Nc1cc(F)cc(F)c1N1CC2(CCCC2)C1. The lowest BCUT2D eigenvalue weighted by Crippen LogP contribution is -2.55. The van der Waals surface area contributed by atoms with Gasteiger partial charge in [-0.15, -0.1) is 0 Å². The predicted octanol–water partition coefficient (Wildman–Crippen LogP) is 2.93. The molecule has 0 bridgehead atoms. The summed E-state index contributed by atoms with van der Waals surface area (Å²) in [5, 5.41) is 0. The minimum Gasteiger partial charge on any atom is -0.397 e. The van der Waals surface area contributed by atoms with E-state index in [4.69, 9.17) is 5.73 Å². The van der Waals surface area contributed by atoms with Crippen molar-refractivity contribution >= 4 is 11.4 Å². The molecule has 1 aliphatic carbocycles. The Morgan fingerprint density at radius 3 is 2.35 bits per heavy atom. The van der Waals surface area contributed by atoms with Crippen molar-refractivity contribution in [2.75, 3.05) is 23.7 Å². The first-order chi connectivity index (χ1) is 8.10. The average Bonchev–Trinajstić information content (AvgIpc) is 2.63. The van der Waals surface area contributed by atoms with E-state index in [0.29, 0.717) is 11.1 Å². The van der Waals surface area contributed by atoms with E-state index < -0.39 is 11.6 Å². The quantitative estimate of drug-likeness (QED) is 0.762. The van der Waals surface area contributed by atoms with Crippen molar-refractivity contribution in [3.05, 3.63) is 23.8 Å². The summed E-state index contributed by atoms with van der Waals surface area (Å²) in [6.07, 6.45) is 5.00. The van der Waals surface area contributed by atoms with Crippen molar-refractivity contribution in [3.63, 3.8) is 0 Å². The Balaban J connectivity index is 1.83. The Morgan fingerprint density at radius 1 is 1.12 bits per heavy atom. The smallest absolute Gasteiger partial charge is 0.151 e. The van der Waals surface area contributed by atoms with Crippen LogP contribution >= 0.6 is 0 Å². The highest BCUT2D eigenvalue weighted by Gasteiger charge is 2.45. The van der Waals surface area contributed by atoms with Crippen LogP contribution in [-0.2, 0) is 0 Å². The van der Waals surface area contributed by atoms with Crippen molar-refractivity contribution in [1.82, 2.24) is 0 Å². The maximum Gasteiger partial charge on any atom is 0.151 e. The Kier molecular flexibility index (Phi) is 2.28. The zero-order chi connectivity index (χ0) is 12.0. The maximum atomic E-state index is 13.7. The minimum absolute atomic E-state index is 0.204. The van der Waals surface area contributed by atoms with E-state index in [1.165, 1.54) is 31.7 Å². The van der Waals surface area contributed by atoms with Gasteiger partial charge in [0.25, 0.3) is 0 Å². The molecule has 2 N–H and O–H groups in total. The molecule has 0 amide bonds. The van der Waals surface area contributed by atoms with Crippen LogP contribution in [0.15, 0.2) is 12.1 Å². The molecule has 2 aliphatic rings. The Bertz CT molecular complexity index is 422. The van der Waals surface area contributed by atoms with Crippen LogP contribution in [0.4, 0.5) is 20.2 Å². The summed E-state index contributed by atoms with van der Waals surface area (Å²) >= 11 is 0. The van der Waals surface area contributed by atoms with E-state index in [0.717, 1.165) is 19.2 Å². The predicted molar refractivity (Wildman–Crippen MR) is 63.9 cm³/mol. The summed E-state index contributed by atoms with van der Waals surface area (Å²) < 4.78 is 26.6. The first-order valence-corrected chi connectivity index (χ1v) is 6.09. The van der Waals surface area contributed by atoms with Gasteiger partial charge in [-0.2, -0.15) is 0 Å². The van der Waals surface area contributed by atoms with E-state index >= 15 is 0 Å². The highest BCUT2D eigenvalue weighted by Crippen LogP contribution is 2.48. The van der Waals surface area contributed by atoms with Gasteiger partial charge in [0.05, 0.1) is 11.4 Å². The lowest BCUT2D eigenvalue weighted by molar-refractivity contribution is 0.220. The van der Waals surface area contributed by atoms with Crippen LogP contribution < -0.4 is 10.6 Å². The monoisotopic (exact) mass is 238 g/mol.